The third-order valence-corrected chi connectivity index (χ3v) is 4.61. The first-order valence-electron chi connectivity index (χ1n) is 7.10. The van der Waals surface area contributed by atoms with Crippen molar-refractivity contribution in [1.82, 2.24) is 9.55 Å². The van der Waals surface area contributed by atoms with Crippen molar-refractivity contribution in [2.45, 2.75) is 24.9 Å². The first-order chi connectivity index (χ1) is 10.9. The van der Waals surface area contributed by atoms with Gasteiger partial charge in [0.1, 0.15) is 0 Å². The zero-order valence-corrected chi connectivity index (χ0v) is 14.4. The molecule has 0 saturated heterocycles. The fourth-order valence-corrected chi connectivity index (χ4v) is 3.16. The molecule has 23 heavy (non-hydrogen) atoms. The van der Waals surface area contributed by atoms with Crippen molar-refractivity contribution in [3.8, 4) is 0 Å². The number of nitrogens with zero attached hydrogens (tertiary/aromatic N) is 2. The smallest absolute Gasteiger partial charge is 0.313 e. The first-order valence-corrected chi connectivity index (χ1v) is 8.46. The second-order valence-electron chi connectivity index (χ2n) is 5.03. The molecule has 5 nitrogen and oxygen atoms in total. The molecule has 1 aromatic heterocycles. The number of aliphatic carboxylic acids is 1. The molecule has 0 fully saturated rings. The highest BCUT2D eigenvalue weighted by atomic mass is 35.5. The van der Waals surface area contributed by atoms with E-state index in [1.54, 1.807) is 13.1 Å². The van der Waals surface area contributed by atoms with Gasteiger partial charge in [0, 0.05) is 24.1 Å². The number of carbonyl (C=O) groups is 1. The maximum atomic E-state index is 12.6. The average Bonchev–Trinajstić information content (AvgIpc) is 2.51. The normalized spacial score (nSPS) is 10.7. The molecule has 0 spiro atoms. The van der Waals surface area contributed by atoms with Gasteiger partial charge in [-0.05, 0) is 24.1 Å². The number of hydrogen-bond acceptors (Lipinski definition) is 4. The van der Waals surface area contributed by atoms with Gasteiger partial charge >= 0.3 is 5.97 Å². The molecule has 0 amide bonds. The minimum absolute atomic E-state index is 0.128. The number of carboxylic acid groups (broad SMARTS) is 1. The van der Waals surface area contributed by atoms with Gasteiger partial charge in [0.2, 0.25) is 0 Å². The van der Waals surface area contributed by atoms with E-state index in [1.807, 2.05) is 25.1 Å². The van der Waals surface area contributed by atoms with Crippen LogP contribution >= 0.6 is 23.4 Å². The van der Waals surface area contributed by atoms with Crippen LogP contribution in [0.15, 0.2) is 34.2 Å². The van der Waals surface area contributed by atoms with Crippen LogP contribution in [0.1, 0.15) is 23.7 Å². The Morgan fingerprint density at radius 2 is 2.17 bits per heavy atom. The number of aryl methyl sites for hydroxylation is 1. The number of halogens is 1. The molecule has 1 N–H and O–H groups in total. The van der Waals surface area contributed by atoms with Crippen molar-refractivity contribution in [2.24, 2.45) is 7.05 Å². The van der Waals surface area contributed by atoms with Gasteiger partial charge in [-0.25, -0.2) is 4.98 Å². The summed E-state index contributed by atoms with van der Waals surface area (Å²) >= 11 is 7.04. The van der Waals surface area contributed by atoms with Gasteiger partial charge in [0.05, 0.1) is 11.4 Å². The van der Waals surface area contributed by atoms with Gasteiger partial charge in [0.25, 0.3) is 5.56 Å². The highest BCUT2D eigenvalue weighted by molar-refractivity contribution is 7.99. The molecule has 0 aliphatic carbocycles. The Morgan fingerprint density at radius 1 is 1.43 bits per heavy atom. The van der Waals surface area contributed by atoms with Gasteiger partial charge < -0.3 is 5.11 Å². The number of carboxylic acids is 1. The zero-order valence-electron chi connectivity index (χ0n) is 12.9. The van der Waals surface area contributed by atoms with E-state index in [-0.39, 0.29) is 11.3 Å². The summed E-state index contributed by atoms with van der Waals surface area (Å²) in [6.45, 7) is 1.93. The molecule has 0 atom stereocenters. The minimum Gasteiger partial charge on any atom is -0.481 e. The standard InChI is InChI=1S/C16H17ClN2O3S/c1-3-13-12(8-10-5-4-6-11(17)7-10)15(22)19(2)16(18-13)23-9-14(20)21/h4-7H,3,8-9H2,1-2H3,(H,20,21). The topological polar surface area (TPSA) is 72.2 Å². The van der Waals surface area contributed by atoms with Crippen LogP contribution in [-0.2, 0) is 24.7 Å². The Hall–Kier alpha value is -1.79. The Morgan fingerprint density at radius 3 is 2.78 bits per heavy atom. The van der Waals surface area contributed by atoms with E-state index in [2.05, 4.69) is 4.98 Å². The summed E-state index contributed by atoms with van der Waals surface area (Å²) in [6, 6.07) is 7.37. The average molecular weight is 353 g/mol. The number of rotatable bonds is 6. The lowest BCUT2D eigenvalue weighted by Gasteiger charge is -2.13. The third-order valence-electron chi connectivity index (χ3n) is 3.36. The van der Waals surface area contributed by atoms with Crippen LogP contribution in [0.2, 0.25) is 5.02 Å². The molecule has 0 radical (unpaired) electrons. The SMILES string of the molecule is CCc1nc(SCC(=O)O)n(C)c(=O)c1Cc1cccc(Cl)c1. The molecule has 0 bridgehead atoms. The van der Waals surface area contributed by atoms with E-state index in [9.17, 15) is 9.59 Å². The zero-order chi connectivity index (χ0) is 17.0. The van der Waals surface area contributed by atoms with Crippen LogP contribution < -0.4 is 5.56 Å². The van der Waals surface area contributed by atoms with E-state index in [1.165, 1.54) is 4.57 Å². The molecule has 7 heteroatoms. The number of aromatic nitrogens is 2. The van der Waals surface area contributed by atoms with E-state index >= 15 is 0 Å². The fourth-order valence-electron chi connectivity index (χ4n) is 2.25. The summed E-state index contributed by atoms with van der Waals surface area (Å²) in [7, 11) is 1.61. The number of thioether (sulfide) groups is 1. The van der Waals surface area contributed by atoms with E-state index in [4.69, 9.17) is 16.7 Å². The predicted octanol–water partition coefficient (Wildman–Crippen LogP) is 2.76. The van der Waals surface area contributed by atoms with Crippen LogP contribution in [0, 0.1) is 0 Å². The molecule has 0 aliphatic heterocycles. The molecule has 2 aromatic rings. The first kappa shape index (κ1) is 17.6. The quantitative estimate of drug-likeness (QED) is 0.639. The monoisotopic (exact) mass is 352 g/mol. The minimum atomic E-state index is -0.940. The molecule has 0 aliphatic rings. The summed E-state index contributed by atoms with van der Waals surface area (Å²) in [5.74, 6) is -1.07. The fraction of sp³-hybridized carbons (Fsp3) is 0.312. The van der Waals surface area contributed by atoms with Gasteiger partial charge in [-0.3, -0.25) is 14.2 Å². The van der Waals surface area contributed by atoms with Crippen LogP contribution in [0.4, 0.5) is 0 Å². The Labute approximate surface area is 143 Å². The molecular weight excluding hydrogens is 336 g/mol. The second-order valence-corrected chi connectivity index (χ2v) is 6.41. The highest BCUT2D eigenvalue weighted by Crippen LogP contribution is 2.18. The Kier molecular flexibility index (Phi) is 5.85. The van der Waals surface area contributed by atoms with Crippen molar-refractivity contribution in [1.29, 1.82) is 0 Å². The van der Waals surface area contributed by atoms with Gasteiger partial charge in [0.15, 0.2) is 5.16 Å². The van der Waals surface area contributed by atoms with Gasteiger partial charge in [-0.15, -0.1) is 0 Å². The van der Waals surface area contributed by atoms with Crippen LogP contribution in [0.5, 0.6) is 0 Å². The molecular formula is C16H17ClN2O3S. The summed E-state index contributed by atoms with van der Waals surface area (Å²) in [6.07, 6.45) is 1.06. The predicted molar refractivity (Wildman–Crippen MR) is 91.5 cm³/mol. The lowest BCUT2D eigenvalue weighted by molar-refractivity contribution is -0.133. The number of benzene rings is 1. The summed E-state index contributed by atoms with van der Waals surface area (Å²) in [5, 5.41) is 9.83. The molecule has 0 unspecified atom stereocenters. The van der Waals surface area contributed by atoms with Crippen molar-refractivity contribution in [3.63, 3.8) is 0 Å². The Bertz CT molecular complexity index is 789. The van der Waals surface area contributed by atoms with Crippen LogP contribution in [0.25, 0.3) is 0 Å². The maximum Gasteiger partial charge on any atom is 0.313 e. The van der Waals surface area contributed by atoms with Crippen molar-refractivity contribution in [2.75, 3.05) is 5.75 Å². The van der Waals surface area contributed by atoms with Gasteiger partial charge in [-0.2, -0.15) is 0 Å². The number of hydrogen-bond donors (Lipinski definition) is 1. The second kappa shape index (κ2) is 7.66. The molecule has 2 rings (SSSR count). The summed E-state index contributed by atoms with van der Waals surface area (Å²) < 4.78 is 1.41. The summed E-state index contributed by atoms with van der Waals surface area (Å²) in [4.78, 5) is 27.8. The third kappa shape index (κ3) is 4.36. The molecule has 122 valence electrons. The molecule has 1 aromatic carbocycles. The van der Waals surface area contributed by atoms with Crippen molar-refractivity contribution < 1.29 is 9.90 Å². The van der Waals surface area contributed by atoms with Gasteiger partial charge in [-0.1, -0.05) is 42.4 Å². The van der Waals surface area contributed by atoms with E-state index in [0.29, 0.717) is 34.3 Å². The van der Waals surface area contributed by atoms with E-state index in [0.717, 1.165) is 17.3 Å². The lowest BCUT2D eigenvalue weighted by Crippen LogP contribution is -2.26. The molecule has 0 saturated carbocycles. The van der Waals surface area contributed by atoms with Crippen LogP contribution in [0.3, 0.4) is 0 Å². The maximum absolute atomic E-state index is 12.6. The largest absolute Gasteiger partial charge is 0.481 e. The molecule has 1 heterocycles. The van der Waals surface area contributed by atoms with Crippen LogP contribution in [-0.4, -0.2) is 26.4 Å². The van der Waals surface area contributed by atoms with E-state index < -0.39 is 5.97 Å². The lowest BCUT2D eigenvalue weighted by atomic mass is 10.0. The van der Waals surface area contributed by atoms with Crippen molar-refractivity contribution >= 4 is 29.3 Å². The summed E-state index contributed by atoms with van der Waals surface area (Å²) in [5.41, 5.74) is 2.11. The Balaban J connectivity index is 2.41. The highest BCUT2D eigenvalue weighted by Gasteiger charge is 2.15. The van der Waals surface area contributed by atoms with Crippen molar-refractivity contribution in [3.05, 3.63) is 56.5 Å².